The number of carbonyl (C=O) groups is 2. The maximum Gasteiger partial charge on any atom is 0.293 e. The van der Waals surface area contributed by atoms with Gasteiger partial charge in [-0.25, -0.2) is 0 Å². The number of carbonyl (C=O) groups excluding carboxylic acids is 2. The Morgan fingerprint density at radius 1 is 1.06 bits per heavy atom. The van der Waals surface area contributed by atoms with E-state index in [0.29, 0.717) is 4.91 Å². The molecular formula is C24H21BrN2O3S. The van der Waals surface area contributed by atoms with Gasteiger partial charge in [-0.1, -0.05) is 28.1 Å². The number of hydrogen-bond acceptors (Lipinski definition) is 4. The number of aryl methyl sites for hydroxylation is 1. The number of nitrogens with zero attached hydrogens (tertiary/aromatic N) is 2. The monoisotopic (exact) mass is 496 g/mol. The lowest BCUT2D eigenvalue weighted by Gasteiger charge is -2.12. The van der Waals surface area contributed by atoms with E-state index < -0.39 is 0 Å². The van der Waals surface area contributed by atoms with Gasteiger partial charge in [0.05, 0.1) is 18.6 Å². The Hall–Kier alpha value is -2.77. The van der Waals surface area contributed by atoms with Gasteiger partial charge in [-0.2, -0.15) is 0 Å². The maximum absolute atomic E-state index is 12.9. The van der Waals surface area contributed by atoms with Crippen molar-refractivity contribution in [2.24, 2.45) is 0 Å². The Morgan fingerprint density at radius 3 is 2.48 bits per heavy atom. The molecule has 0 aliphatic carbocycles. The molecule has 0 bridgehead atoms. The third-order valence-corrected chi connectivity index (χ3v) is 6.59. The number of thioether (sulfide) groups is 1. The van der Waals surface area contributed by atoms with Crippen molar-refractivity contribution in [1.29, 1.82) is 0 Å². The molecule has 158 valence electrons. The lowest BCUT2D eigenvalue weighted by molar-refractivity contribution is -0.123. The summed E-state index contributed by atoms with van der Waals surface area (Å²) in [6.45, 7) is 4.29. The average molecular weight is 497 g/mol. The zero-order valence-electron chi connectivity index (χ0n) is 17.4. The fourth-order valence-corrected chi connectivity index (χ4v) is 4.93. The number of methoxy groups -OCH3 is 1. The molecule has 31 heavy (non-hydrogen) atoms. The van der Waals surface area contributed by atoms with Crippen LogP contribution in [0.2, 0.25) is 0 Å². The van der Waals surface area contributed by atoms with Crippen LogP contribution in [-0.4, -0.2) is 27.7 Å². The van der Waals surface area contributed by atoms with Gasteiger partial charge in [-0.15, -0.1) is 0 Å². The van der Waals surface area contributed by atoms with Crippen molar-refractivity contribution in [3.05, 3.63) is 86.5 Å². The van der Waals surface area contributed by atoms with Gasteiger partial charge in [-0.05, 0) is 85.3 Å². The van der Waals surface area contributed by atoms with E-state index in [1.54, 1.807) is 7.11 Å². The van der Waals surface area contributed by atoms with Crippen LogP contribution >= 0.6 is 27.7 Å². The number of rotatable bonds is 5. The summed E-state index contributed by atoms with van der Waals surface area (Å²) in [5, 5.41) is -0.250. The summed E-state index contributed by atoms with van der Waals surface area (Å²) >= 11 is 4.41. The number of aromatic nitrogens is 1. The Bertz CT molecular complexity index is 1200. The summed E-state index contributed by atoms with van der Waals surface area (Å²) in [6.07, 6.45) is 1.81. The minimum atomic E-state index is -0.260. The van der Waals surface area contributed by atoms with Gasteiger partial charge in [-0.3, -0.25) is 14.5 Å². The second-order valence-corrected chi connectivity index (χ2v) is 9.17. The summed E-state index contributed by atoms with van der Waals surface area (Å²) in [7, 11) is 1.64. The first kappa shape index (κ1) is 21.5. The number of halogens is 1. The first-order chi connectivity index (χ1) is 14.9. The summed E-state index contributed by atoms with van der Waals surface area (Å²) < 4.78 is 8.28. The summed E-state index contributed by atoms with van der Waals surface area (Å²) in [5.74, 6) is 0.537. The van der Waals surface area contributed by atoms with E-state index in [9.17, 15) is 9.59 Å². The Kier molecular flexibility index (Phi) is 6.07. The lowest BCUT2D eigenvalue weighted by Crippen LogP contribution is -2.27. The topological polar surface area (TPSA) is 51.5 Å². The van der Waals surface area contributed by atoms with E-state index in [2.05, 4.69) is 20.5 Å². The fourth-order valence-electron chi connectivity index (χ4n) is 3.66. The third kappa shape index (κ3) is 4.34. The molecule has 0 spiro atoms. The van der Waals surface area contributed by atoms with Crippen LogP contribution in [-0.2, 0) is 11.3 Å². The van der Waals surface area contributed by atoms with Gasteiger partial charge >= 0.3 is 0 Å². The molecule has 0 N–H and O–H groups in total. The standard InChI is InChI=1S/C24H21BrN2O3S/c1-15-11-18(16(2)27(15)20-7-9-21(30-3)10-8-20)13-22-23(28)26(24(29)31-22)14-17-5-4-6-19(25)12-17/h4-13H,14H2,1-3H3/b22-13-. The molecule has 1 aliphatic heterocycles. The van der Waals surface area contributed by atoms with Crippen molar-refractivity contribution >= 4 is 44.9 Å². The first-order valence-corrected chi connectivity index (χ1v) is 11.3. The van der Waals surface area contributed by atoms with Crippen molar-refractivity contribution < 1.29 is 14.3 Å². The van der Waals surface area contributed by atoms with Gasteiger partial charge in [0.2, 0.25) is 0 Å². The Morgan fingerprint density at radius 2 is 1.81 bits per heavy atom. The van der Waals surface area contributed by atoms with E-state index in [-0.39, 0.29) is 17.7 Å². The molecule has 2 amide bonds. The normalized spacial score (nSPS) is 15.2. The quantitative estimate of drug-likeness (QED) is 0.400. The van der Waals surface area contributed by atoms with Gasteiger partial charge in [0, 0.05) is 21.5 Å². The molecule has 2 heterocycles. The van der Waals surface area contributed by atoms with E-state index in [1.165, 1.54) is 4.90 Å². The summed E-state index contributed by atoms with van der Waals surface area (Å²) in [5.41, 5.74) is 4.87. The van der Waals surface area contributed by atoms with Gasteiger partial charge in [0.1, 0.15) is 5.75 Å². The summed E-state index contributed by atoms with van der Waals surface area (Å²) in [6, 6.07) is 17.5. The van der Waals surface area contributed by atoms with Crippen LogP contribution in [0.3, 0.4) is 0 Å². The van der Waals surface area contributed by atoms with Gasteiger partial charge in [0.15, 0.2) is 0 Å². The molecule has 1 saturated heterocycles. The van der Waals surface area contributed by atoms with Crippen molar-refractivity contribution in [3.63, 3.8) is 0 Å². The lowest BCUT2D eigenvalue weighted by atomic mass is 10.2. The molecular weight excluding hydrogens is 476 g/mol. The molecule has 7 heteroatoms. The zero-order chi connectivity index (χ0) is 22.1. The highest BCUT2D eigenvalue weighted by Gasteiger charge is 2.35. The molecule has 2 aromatic carbocycles. The molecule has 5 nitrogen and oxygen atoms in total. The van der Waals surface area contributed by atoms with Gasteiger partial charge < -0.3 is 9.30 Å². The highest BCUT2D eigenvalue weighted by atomic mass is 79.9. The number of imide groups is 1. The van der Waals surface area contributed by atoms with Crippen LogP contribution in [0.1, 0.15) is 22.5 Å². The van der Waals surface area contributed by atoms with E-state index in [0.717, 1.165) is 50.2 Å². The second kappa shape index (κ2) is 8.77. The van der Waals surface area contributed by atoms with Crippen LogP contribution in [0, 0.1) is 13.8 Å². The van der Waals surface area contributed by atoms with Crippen LogP contribution in [0.5, 0.6) is 5.75 Å². The van der Waals surface area contributed by atoms with E-state index >= 15 is 0 Å². The molecule has 3 aromatic rings. The maximum atomic E-state index is 12.9. The van der Waals surface area contributed by atoms with Crippen molar-refractivity contribution in [3.8, 4) is 11.4 Å². The molecule has 1 aromatic heterocycles. The van der Waals surface area contributed by atoms with Crippen LogP contribution in [0.4, 0.5) is 4.79 Å². The van der Waals surface area contributed by atoms with Crippen LogP contribution < -0.4 is 4.74 Å². The fraction of sp³-hybridized carbons (Fsp3) is 0.167. The molecule has 0 unspecified atom stereocenters. The largest absolute Gasteiger partial charge is 0.497 e. The number of ether oxygens (including phenoxy) is 1. The van der Waals surface area contributed by atoms with Crippen LogP contribution in [0.25, 0.3) is 11.8 Å². The van der Waals surface area contributed by atoms with Crippen molar-refractivity contribution in [2.45, 2.75) is 20.4 Å². The number of amides is 2. The predicted octanol–water partition coefficient (Wildman–Crippen LogP) is 6.10. The molecule has 1 aliphatic rings. The molecule has 0 atom stereocenters. The van der Waals surface area contributed by atoms with Crippen molar-refractivity contribution in [1.82, 2.24) is 9.47 Å². The minimum absolute atomic E-state index is 0.250. The zero-order valence-corrected chi connectivity index (χ0v) is 19.8. The SMILES string of the molecule is COc1ccc(-n2c(C)cc(/C=C3\SC(=O)N(Cc4cccc(Br)c4)C3=O)c2C)cc1. The number of benzene rings is 2. The van der Waals surface area contributed by atoms with E-state index in [4.69, 9.17) is 4.74 Å². The third-order valence-electron chi connectivity index (χ3n) is 5.19. The smallest absolute Gasteiger partial charge is 0.293 e. The summed E-state index contributed by atoms with van der Waals surface area (Å²) in [4.78, 5) is 27.2. The molecule has 0 saturated carbocycles. The molecule has 1 fully saturated rings. The molecule has 0 radical (unpaired) electrons. The van der Waals surface area contributed by atoms with Crippen molar-refractivity contribution in [2.75, 3.05) is 7.11 Å². The Balaban J connectivity index is 1.61. The average Bonchev–Trinajstić information content (AvgIpc) is 3.17. The second-order valence-electron chi connectivity index (χ2n) is 7.26. The highest BCUT2D eigenvalue weighted by Crippen LogP contribution is 2.35. The van der Waals surface area contributed by atoms with Crippen LogP contribution in [0.15, 0.2) is 64.0 Å². The number of hydrogen-bond donors (Lipinski definition) is 0. The minimum Gasteiger partial charge on any atom is -0.497 e. The predicted molar refractivity (Wildman–Crippen MR) is 127 cm³/mol. The highest BCUT2D eigenvalue weighted by molar-refractivity contribution is 9.10. The first-order valence-electron chi connectivity index (χ1n) is 9.70. The van der Waals surface area contributed by atoms with Gasteiger partial charge in [0.25, 0.3) is 11.1 Å². The molecule has 4 rings (SSSR count). The van der Waals surface area contributed by atoms with E-state index in [1.807, 2.05) is 74.5 Å². The Labute approximate surface area is 193 Å².